The van der Waals surface area contributed by atoms with Crippen molar-refractivity contribution in [3.8, 4) is 0 Å². The number of carbonyl (C=O) groups is 1. The zero-order valence-electron chi connectivity index (χ0n) is 9.08. The molecule has 2 rings (SSSR count). The molecule has 0 radical (unpaired) electrons. The lowest BCUT2D eigenvalue weighted by atomic mass is 10.4. The average Bonchev–Trinajstić information content (AvgIpc) is 2.64. The van der Waals surface area contributed by atoms with Gasteiger partial charge in [0, 0.05) is 6.20 Å². The normalized spacial score (nSPS) is 11.3. The number of imidazole rings is 1. The Balaban J connectivity index is 2.39. The number of rotatable bonds is 5. The highest BCUT2D eigenvalue weighted by atomic mass is 32.2. The van der Waals surface area contributed by atoms with Gasteiger partial charge in [-0.1, -0.05) is 11.8 Å². The molecule has 18 heavy (non-hydrogen) atoms. The first-order chi connectivity index (χ1) is 8.58. The molecule has 2 heterocycles. The first-order valence-corrected chi connectivity index (χ1v) is 5.99. The van der Waals surface area contributed by atoms with E-state index in [2.05, 4.69) is 9.97 Å². The van der Waals surface area contributed by atoms with Crippen LogP contribution in [0, 0.1) is 0 Å². The Labute approximate surface area is 105 Å². The number of fused-ring (bicyclic) bond motifs is 1. The summed E-state index contributed by atoms with van der Waals surface area (Å²) in [7, 11) is 0. The van der Waals surface area contributed by atoms with E-state index in [-0.39, 0.29) is 10.9 Å². The van der Waals surface area contributed by atoms with E-state index < -0.39 is 18.9 Å². The van der Waals surface area contributed by atoms with Crippen LogP contribution in [0.2, 0.25) is 0 Å². The Hall–Kier alpha value is -1.70. The Kier molecular flexibility index (Phi) is 3.75. The number of thioether (sulfide) groups is 1. The lowest BCUT2D eigenvalue weighted by Crippen LogP contribution is -2.09. The Morgan fingerprint density at radius 3 is 3.00 bits per heavy atom. The van der Waals surface area contributed by atoms with Gasteiger partial charge in [-0.15, -0.1) is 0 Å². The third-order valence-corrected chi connectivity index (χ3v) is 3.12. The van der Waals surface area contributed by atoms with Gasteiger partial charge in [-0.05, 0) is 6.07 Å². The summed E-state index contributed by atoms with van der Waals surface area (Å²) < 4.78 is 26.3. The van der Waals surface area contributed by atoms with Crippen LogP contribution in [0.1, 0.15) is 0 Å². The highest BCUT2D eigenvalue weighted by Gasteiger charge is 2.15. The molecule has 2 aromatic heterocycles. The Morgan fingerprint density at radius 1 is 1.56 bits per heavy atom. The molecule has 0 aliphatic carbocycles. The molecule has 0 aliphatic rings. The van der Waals surface area contributed by atoms with E-state index in [1.54, 1.807) is 6.07 Å². The summed E-state index contributed by atoms with van der Waals surface area (Å²) in [5.74, 6) is -1.24. The highest BCUT2D eigenvalue weighted by molar-refractivity contribution is 7.99. The van der Waals surface area contributed by atoms with E-state index >= 15 is 0 Å². The van der Waals surface area contributed by atoms with Crippen LogP contribution in [-0.2, 0) is 11.3 Å². The number of nitrogens with zero attached hydrogens (tertiary/aromatic N) is 3. The lowest BCUT2D eigenvalue weighted by Gasteiger charge is -2.06. The number of carboxylic acid groups (broad SMARTS) is 1. The maximum absolute atomic E-state index is 12.5. The zero-order chi connectivity index (χ0) is 13.1. The molecule has 0 spiro atoms. The van der Waals surface area contributed by atoms with Gasteiger partial charge in [0.25, 0.3) is 6.43 Å². The summed E-state index contributed by atoms with van der Waals surface area (Å²) in [5, 5.41) is 8.87. The summed E-state index contributed by atoms with van der Waals surface area (Å²) >= 11 is 0.914. The largest absolute Gasteiger partial charge is 0.481 e. The number of halogens is 2. The van der Waals surface area contributed by atoms with Crippen LogP contribution in [0.4, 0.5) is 8.78 Å². The van der Waals surface area contributed by atoms with Gasteiger partial charge in [0.15, 0.2) is 5.16 Å². The average molecular weight is 273 g/mol. The van der Waals surface area contributed by atoms with Gasteiger partial charge in [0.2, 0.25) is 0 Å². The van der Waals surface area contributed by atoms with E-state index in [9.17, 15) is 13.6 Å². The molecular formula is C10H9F2N3O2S. The van der Waals surface area contributed by atoms with Gasteiger partial charge in [0.05, 0.1) is 24.0 Å². The molecule has 0 unspecified atom stereocenters. The molecule has 0 bridgehead atoms. The van der Waals surface area contributed by atoms with Crippen LogP contribution in [0.25, 0.3) is 11.0 Å². The minimum atomic E-state index is -2.53. The Morgan fingerprint density at radius 2 is 2.33 bits per heavy atom. The fourth-order valence-electron chi connectivity index (χ4n) is 1.51. The van der Waals surface area contributed by atoms with Crippen LogP contribution in [0.3, 0.4) is 0 Å². The van der Waals surface area contributed by atoms with Gasteiger partial charge < -0.3 is 9.67 Å². The lowest BCUT2D eigenvalue weighted by molar-refractivity contribution is -0.133. The standard InChI is InChI=1S/C10H9F2N3O2S/c11-8(12)4-15-7-1-2-13-3-6(7)14-10(15)18-5-9(16)17/h1-3,8H,4-5H2,(H,16,17). The van der Waals surface area contributed by atoms with E-state index in [0.717, 1.165) is 11.8 Å². The van der Waals surface area contributed by atoms with Crippen LogP contribution < -0.4 is 0 Å². The monoisotopic (exact) mass is 273 g/mol. The molecule has 8 heteroatoms. The molecule has 0 saturated carbocycles. The molecule has 0 saturated heterocycles. The number of hydrogen-bond acceptors (Lipinski definition) is 4. The molecule has 0 aliphatic heterocycles. The van der Waals surface area contributed by atoms with E-state index in [0.29, 0.717) is 11.0 Å². The molecule has 5 nitrogen and oxygen atoms in total. The van der Waals surface area contributed by atoms with Crippen LogP contribution in [0.15, 0.2) is 23.6 Å². The predicted molar refractivity (Wildman–Crippen MR) is 61.9 cm³/mol. The van der Waals surface area contributed by atoms with E-state index in [4.69, 9.17) is 5.11 Å². The minimum Gasteiger partial charge on any atom is -0.481 e. The molecule has 1 N–H and O–H groups in total. The SMILES string of the molecule is O=C(O)CSc1nc2cnccc2n1CC(F)F. The maximum atomic E-state index is 12.5. The molecular weight excluding hydrogens is 264 g/mol. The van der Waals surface area contributed by atoms with Gasteiger partial charge in [-0.3, -0.25) is 9.78 Å². The van der Waals surface area contributed by atoms with Gasteiger partial charge in [0.1, 0.15) is 5.52 Å². The first kappa shape index (κ1) is 12.7. The molecule has 96 valence electrons. The number of hydrogen-bond donors (Lipinski definition) is 1. The maximum Gasteiger partial charge on any atom is 0.313 e. The van der Waals surface area contributed by atoms with Gasteiger partial charge >= 0.3 is 5.97 Å². The van der Waals surface area contributed by atoms with Crippen molar-refractivity contribution in [2.45, 2.75) is 18.1 Å². The molecule has 2 aromatic rings. The molecule has 0 atom stereocenters. The van der Waals surface area contributed by atoms with Crippen LogP contribution in [0.5, 0.6) is 0 Å². The van der Waals surface area contributed by atoms with Crippen LogP contribution >= 0.6 is 11.8 Å². The molecule has 0 aromatic carbocycles. The summed E-state index contributed by atoms with van der Waals surface area (Å²) in [5.41, 5.74) is 1.00. The second kappa shape index (κ2) is 5.30. The fourth-order valence-corrected chi connectivity index (χ4v) is 2.25. The summed E-state index contributed by atoms with van der Waals surface area (Å²) in [6, 6.07) is 1.58. The second-order valence-electron chi connectivity index (χ2n) is 3.44. The number of alkyl halides is 2. The smallest absolute Gasteiger partial charge is 0.313 e. The highest BCUT2D eigenvalue weighted by Crippen LogP contribution is 2.24. The summed E-state index contributed by atoms with van der Waals surface area (Å²) in [4.78, 5) is 18.5. The molecule has 0 fully saturated rings. The van der Waals surface area contributed by atoms with Crippen molar-refractivity contribution in [2.75, 3.05) is 5.75 Å². The van der Waals surface area contributed by atoms with Crippen LogP contribution in [-0.4, -0.2) is 37.8 Å². The Bertz CT molecular complexity index is 573. The number of aromatic nitrogens is 3. The van der Waals surface area contributed by atoms with Crippen molar-refractivity contribution in [1.29, 1.82) is 0 Å². The summed E-state index contributed by atoms with van der Waals surface area (Å²) in [6.07, 6.45) is 0.416. The fraction of sp³-hybridized carbons (Fsp3) is 0.300. The predicted octanol–water partition coefficient (Wildman–Crippen LogP) is 1.87. The topological polar surface area (TPSA) is 68.0 Å². The number of aliphatic carboxylic acids is 1. The zero-order valence-corrected chi connectivity index (χ0v) is 9.90. The third-order valence-electron chi connectivity index (χ3n) is 2.16. The van der Waals surface area contributed by atoms with Crippen molar-refractivity contribution in [2.24, 2.45) is 0 Å². The number of pyridine rings is 1. The van der Waals surface area contributed by atoms with Crippen molar-refractivity contribution in [3.05, 3.63) is 18.5 Å². The van der Waals surface area contributed by atoms with E-state index in [1.807, 2.05) is 0 Å². The first-order valence-electron chi connectivity index (χ1n) is 5.01. The van der Waals surface area contributed by atoms with E-state index in [1.165, 1.54) is 17.0 Å². The van der Waals surface area contributed by atoms with Crippen molar-refractivity contribution in [1.82, 2.24) is 14.5 Å². The van der Waals surface area contributed by atoms with Crippen molar-refractivity contribution < 1.29 is 18.7 Å². The summed E-state index contributed by atoms with van der Waals surface area (Å²) in [6.45, 7) is -0.511. The van der Waals surface area contributed by atoms with Crippen molar-refractivity contribution >= 4 is 28.8 Å². The van der Waals surface area contributed by atoms with Crippen molar-refractivity contribution in [3.63, 3.8) is 0 Å². The van der Waals surface area contributed by atoms with Gasteiger partial charge in [-0.25, -0.2) is 13.8 Å². The quantitative estimate of drug-likeness (QED) is 0.842. The van der Waals surface area contributed by atoms with Gasteiger partial charge in [-0.2, -0.15) is 0 Å². The second-order valence-corrected chi connectivity index (χ2v) is 4.39. The number of carboxylic acids is 1. The molecule has 0 amide bonds. The third kappa shape index (κ3) is 2.76. The minimum absolute atomic E-state index is 0.222.